The van der Waals surface area contributed by atoms with E-state index < -0.39 is 16.7 Å². The lowest BCUT2D eigenvalue weighted by atomic mass is 10.4. The Balaban J connectivity index is 3.76. The Hall–Kier alpha value is -0.200. The van der Waals surface area contributed by atoms with Crippen molar-refractivity contribution in [2.75, 3.05) is 26.0 Å². The highest BCUT2D eigenvalue weighted by atomic mass is 32.2. The molecule has 2 N–H and O–H groups in total. The molecule has 0 fully saturated rings. The highest BCUT2D eigenvalue weighted by molar-refractivity contribution is 7.89. The topological polar surface area (TPSA) is 58.2 Å². The summed E-state index contributed by atoms with van der Waals surface area (Å²) in [4.78, 5) is 0. The standard InChI is InChI=1S/C7H17FN2O2S/c1-7(9-2)6-10-13(11,12)5-3-4-8/h7,9-10H,3-6H2,1-2H3. The maximum atomic E-state index is 11.7. The number of nitrogens with one attached hydrogen (secondary N) is 2. The van der Waals surface area contributed by atoms with Crippen molar-refractivity contribution in [3.63, 3.8) is 0 Å². The quantitative estimate of drug-likeness (QED) is 0.618. The van der Waals surface area contributed by atoms with E-state index in [0.29, 0.717) is 6.54 Å². The molecule has 0 radical (unpaired) electrons. The summed E-state index contributed by atoms with van der Waals surface area (Å²) in [5.74, 6) is -0.139. The monoisotopic (exact) mass is 212 g/mol. The third kappa shape index (κ3) is 6.92. The lowest BCUT2D eigenvalue weighted by molar-refractivity contribution is 0.482. The lowest BCUT2D eigenvalue weighted by Crippen LogP contribution is -2.38. The van der Waals surface area contributed by atoms with Crippen LogP contribution in [0.25, 0.3) is 0 Å². The summed E-state index contributed by atoms with van der Waals surface area (Å²) in [6, 6.07) is 0.0835. The zero-order chi connectivity index (χ0) is 10.3. The largest absolute Gasteiger partial charge is 0.316 e. The van der Waals surface area contributed by atoms with Crippen LogP contribution < -0.4 is 10.0 Å². The average molecular weight is 212 g/mol. The molecule has 4 nitrogen and oxygen atoms in total. The Morgan fingerprint density at radius 3 is 2.54 bits per heavy atom. The summed E-state index contributed by atoms with van der Waals surface area (Å²) in [6.45, 7) is 1.60. The molecule has 0 heterocycles. The van der Waals surface area contributed by atoms with Gasteiger partial charge in [-0.25, -0.2) is 13.1 Å². The molecule has 0 aliphatic rings. The van der Waals surface area contributed by atoms with Crippen molar-refractivity contribution in [2.45, 2.75) is 19.4 Å². The van der Waals surface area contributed by atoms with E-state index in [2.05, 4.69) is 10.0 Å². The van der Waals surface area contributed by atoms with Gasteiger partial charge >= 0.3 is 0 Å². The molecule has 13 heavy (non-hydrogen) atoms. The van der Waals surface area contributed by atoms with Crippen molar-refractivity contribution in [1.29, 1.82) is 0 Å². The summed E-state index contributed by atoms with van der Waals surface area (Å²) in [7, 11) is -1.53. The number of hydrogen-bond donors (Lipinski definition) is 2. The predicted octanol–water partition coefficient (Wildman–Crippen LogP) is -0.127. The van der Waals surface area contributed by atoms with E-state index in [0.717, 1.165) is 0 Å². The van der Waals surface area contributed by atoms with Crippen LogP contribution in [0.15, 0.2) is 0 Å². The second kappa shape index (κ2) is 6.28. The van der Waals surface area contributed by atoms with Gasteiger partial charge in [-0.15, -0.1) is 0 Å². The third-order valence-electron chi connectivity index (χ3n) is 1.65. The molecule has 0 bridgehead atoms. The van der Waals surface area contributed by atoms with E-state index in [-0.39, 0.29) is 18.2 Å². The van der Waals surface area contributed by atoms with Crippen LogP contribution in [-0.4, -0.2) is 40.5 Å². The van der Waals surface area contributed by atoms with Crippen LogP contribution in [0.3, 0.4) is 0 Å². The second-order valence-electron chi connectivity index (χ2n) is 2.90. The van der Waals surface area contributed by atoms with Crippen molar-refractivity contribution in [1.82, 2.24) is 10.0 Å². The van der Waals surface area contributed by atoms with Gasteiger partial charge in [-0.3, -0.25) is 4.39 Å². The summed E-state index contributed by atoms with van der Waals surface area (Å²) in [5.41, 5.74) is 0. The van der Waals surface area contributed by atoms with Crippen molar-refractivity contribution in [2.24, 2.45) is 0 Å². The molecule has 0 aromatic carbocycles. The molecule has 0 spiro atoms. The molecule has 0 saturated carbocycles. The highest BCUT2D eigenvalue weighted by Crippen LogP contribution is 1.90. The van der Waals surface area contributed by atoms with Crippen molar-refractivity contribution >= 4 is 10.0 Å². The van der Waals surface area contributed by atoms with E-state index in [1.807, 2.05) is 6.92 Å². The zero-order valence-electron chi connectivity index (χ0n) is 8.01. The lowest BCUT2D eigenvalue weighted by Gasteiger charge is -2.11. The predicted molar refractivity (Wildman–Crippen MR) is 50.9 cm³/mol. The molecule has 1 unspecified atom stereocenters. The molecule has 80 valence electrons. The second-order valence-corrected chi connectivity index (χ2v) is 4.83. The number of likely N-dealkylation sites (N-methyl/N-ethyl adjacent to an activating group) is 1. The number of sulfonamides is 1. The zero-order valence-corrected chi connectivity index (χ0v) is 8.82. The normalized spacial score (nSPS) is 14.4. The van der Waals surface area contributed by atoms with Crippen LogP contribution in [-0.2, 0) is 10.0 Å². The molecule has 0 aromatic heterocycles. The van der Waals surface area contributed by atoms with Gasteiger partial charge in [0.15, 0.2) is 0 Å². The number of rotatable bonds is 7. The van der Waals surface area contributed by atoms with Crippen molar-refractivity contribution < 1.29 is 12.8 Å². The van der Waals surface area contributed by atoms with E-state index in [1.165, 1.54) is 0 Å². The van der Waals surface area contributed by atoms with Gasteiger partial charge in [0.25, 0.3) is 0 Å². The molecule has 0 aliphatic heterocycles. The average Bonchev–Trinajstić information content (AvgIpc) is 2.11. The minimum absolute atomic E-state index is 0.0588. The highest BCUT2D eigenvalue weighted by Gasteiger charge is 2.10. The summed E-state index contributed by atoms with van der Waals surface area (Å²) in [5, 5.41) is 2.89. The Morgan fingerprint density at radius 2 is 2.08 bits per heavy atom. The fourth-order valence-electron chi connectivity index (χ4n) is 0.671. The van der Waals surface area contributed by atoms with Crippen LogP contribution in [0, 0.1) is 0 Å². The molecule has 0 aromatic rings. The van der Waals surface area contributed by atoms with Gasteiger partial charge in [0.1, 0.15) is 0 Å². The van der Waals surface area contributed by atoms with Gasteiger partial charge in [-0.2, -0.15) is 0 Å². The van der Waals surface area contributed by atoms with E-state index in [4.69, 9.17) is 0 Å². The first-order chi connectivity index (χ1) is 6.02. The Bertz CT molecular complexity index is 219. The Kier molecular flexibility index (Phi) is 6.19. The first-order valence-electron chi connectivity index (χ1n) is 4.22. The molecule has 0 amide bonds. The third-order valence-corrected chi connectivity index (χ3v) is 3.08. The first kappa shape index (κ1) is 12.8. The molecule has 6 heteroatoms. The van der Waals surface area contributed by atoms with Crippen LogP contribution in [0.2, 0.25) is 0 Å². The number of alkyl halides is 1. The summed E-state index contributed by atoms with van der Waals surface area (Å²) < 4.78 is 36.3. The van der Waals surface area contributed by atoms with Crippen molar-refractivity contribution in [3.8, 4) is 0 Å². The molecule has 0 saturated heterocycles. The molecule has 1 atom stereocenters. The SMILES string of the molecule is CNC(C)CNS(=O)(=O)CCCF. The number of hydrogen-bond acceptors (Lipinski definition) is 3. The van der Waals surface area contributed by atoms with E-state index >= 15 is 0 Å². The molecular formula is C7H17FN2O2S. The van der Waals surface area contributed by atoms with Crippen LogP contribution in [0.5, 0.6) is 0 Å². The van der Waals surface area contributed by atoms with E-state index in [9.17, 15) is 12.8 Å². The Labute approximate surface area is 79.0 Å². The van der Waals surface area contributed by atoms with Gasteiger partial charge in [-0.05, 0) is 20.4 Å². The Morgan fingerprint density at radius 1 is 1.46 bits per heavy atom. The fourth-order valence-corrected chi connectivity index (χ4v) is 1.81. The van der Waals surface area contributed by atoms with Gasteiger partial charge in [0.05, 0.1) is 12.4 Å². The van der Waals surface area contributed by atoms with Gasteiger partial charge < -0.3 is 5.32 Å². The van der Waals surface area contributed by atoms with Crippen LogP contribution in [0.1, 0.15) is 13.3 Å². The minimum atomic E-state index is -3.28. The van der Waals surface area contributed by atoms with Crippen LogP contribution in [0.4, 0.5) is 4.39 Å². The summed E-state index contributed by atoms with van der Waals surface area (Å²) in [6.07, 6.45) is 0.0588. The molecular weight excluding hydrogens is 195 g/mol. The van der Waals surface area contributed by atoms with Gasteiger partial charge in [0.2, 0.25) is 10.0 Å². The minimum Gasteiger partial charge on any atom is -0.316 e. The smallest absolute Gasteiger partial charge is 0.211 e. The van der Waals surface area contributed by atoms with Gasteiger partial charge in [0, 0.05) is 12.6 Å². The fraction of sp³-hybridized carbons (Fsp3) is 1.00. The first-order valence-corrected chi connectivity index (χ1v) is 5.87. The van der Waals surface area contributed by atoms with E-state index in [1.54, 1.807) is 7.05 Å². The summed E-state index contributed by atoms with van der Waals surface area (Å²) >= 11 is 0. The van der Waals surface area contributed by atoms with Crippen molar-refractivity contribution in [3.05, 3.63) is 0 Å². The molecule has 0 rings (SSSR count). The maximum Gasteiger partial charge on any atom is 0.211 e. The van der Waals surface area contributed by atoms with Gasteiger partial charge in [-0.1, -0.05) is 0 Å². The molecule has 0 aliphatic carbocycles. The van der Waals surface area contributed by atoms with Crippen LogP contribution >= 0.6 is 0 Å². The maximum absolute atomic E-state index is 11.7. The number of halogens is 1.